The Bertz CT molecular complexity index is 569. The molecule has 0 aromatic heterocycles. The average Bonchev–Trinajstić information content (AvgIpc) is 2.58. The topological polar surface area (TPSA) is 75.7 Å². The van der Waals surface area contributed by atoms with Crippen LogP contribution in [0.15, 0.2) is 24.3 Å². The van der Waals surface area contributed by atoms with Gasteiger partial charge >= 0.3 is 5.97 Å². The number of rotatable bonds is 8. The molecule has 1 aromatic rings. The largest absolute Gasteiger partial charge is 0.469 e. The number of esters is 1. The first kappa shape index (κ1) is 19.7. The number of nitrogens with one attached hydrogen (secondary N) is 1. The zero-order valence-electron chi connectivity index (χ0n) is 14.8. The number of methoxy groups -OCH3 is 1. The Morgan fingerprint density at radius 3 is 2.42 bits per heavy atom. The van der Waals surface area contributed by atoms with Gasteiger partial charge in [-0.3, -0.25) is 14.4 Å². The van der Waals surface area contributed by atoms with Crippen molar-refractivity contribution in [3.8, 4) is 0 Å². The van der Waals surface area contributed by atoms with E-state index in [0.29, 0.717) is 12.8 Å². The molecule has 6 heteroatoms. The number of hydrogen-bond acceptors (Lipinski definition) is 4. The average molecular weight is 334 g/mol. The third-order valence-corrected chi connectivity index (χ3v) is 3.78. The van der Waals surface area contributed by atoms with Gasteiger partial charge in [-0.2, -0.15) is 0 Å². The third kappa shape index (κ3) is 6.81. The van der Waals surface area contributed by atoms with Crippen molar-refractivity contribution in [2.24, 2.45) is 5.92 Å². The SMILES string of the molecule is COC(=O)C(C)CN(C)C(=O)CNC(=O)CCc1ccc(C)cc1. The Labute approximate surface area is 143 Å². The molecule has 1 N–H and O–H groups in total. The summed E-state index contributed by atoms with van der Waals surface area (Å²) in [5, 5.41) is 2.62. The highest BCUT2D eigenvalue weighted by atomic mass is 16.5. The van der Waals surface area contributed by atoms with E-state index in [1.165, 1.54) is 17.6 Å². The van der Waals surface area contributed by atoms with Crippen LogP contribution in [0.25, 0.3) is 0 Å². The summed E-state index contributed by atoms with van der Waals surface area (Å²) < 4.78 is 4.63. The second-order valence-corrected chi connectivity index (χ2v) is 5.96. The fraction of sp³-hybridized carbons (Fsp3) is 0.500. The Balaban J connectivity index is 2.31. The van der Waals surface area contributed by atoms with Crippen LogP contribution in [0.4, 0.5) is 0 Å². The summed E-state index contributed by atoms with van der Waals surface area (Å²) in [7, 11) is 2.91. The van der Waals surface area contributed by atoms with Gasteiger partial charge in [-0.25, -0.2) is 0 Å². The van der Waals surface area contributed by atoms with E-state index in [0.717, 1.165) is 5.56 Å². The number of aryl methyl sites for hydroxylation is 2. The van der Waals surface area contributed by atoms with Crippen molar-refractivity contribution in [1.82, 2.24) is 10.2 Å². The van der Waals surface area contributed by atoms with E-state index in [1.54, 1.807) is 14.0 Å². The monoisotopic (exact) mass is 334 g/mol. The first-order valence-corrected chi connectivity index (χ1v) is 7.97. The van der Waals surface area contributed by atoms with Gasteiger partial charge in [-0.05, 0) is 18.9 Å². The van der Waals surface area contributed by atoms with Crippen molar-refractivity contribution >= 4 is 17.8 Å². The molecule has 24 heavy (non-hydrogen) atoms. The van der Waals surface area contributed by atoms with Crippen molar-refractivity contribution in [3.63, 3.8) is 0 Å². The molecule has 0 saturated carbocycles. The molecule has 132 valence electrons. The predicted octanol–water partition coefficient (Wildman–Crippen LogP) is 1.31. The van der Waals surface area contributed by atoms with Crippen molar-refractivity contribution in [2.45, 2.75) is 26.7 Å². The van der Waals surface area contributed by atoms with Gasteiger partial charge < -0.3 is 15.0 Å². The van der Waals surface area contributed by atoms with E-state index in [4.69, 9.17) is 0 Å². The highest BCUT2D eigenvalue weighted by molar-refractivity contribution is 5.85. The lowest BCUT2D eigenvalue weighted by Gasteiger charge is -2.20. The molecule has 0 fully saturated rings. The maximum absolute atomic E-state index is 12.0. The zero-order valence-corrected chi connectivity index (χ0v) is 14.8. The van der Waals surface area contributed by atoms with Gasteiger partial charge in [0.2, 0.25) is 11.8 Å². The van der Waals surface area contributed by atoms with Gasteiger partial charge in [0, 0.05) is 20.0 Å². The molecule has 0 bridgehead atoms. The van der Waals surface area contributed by atoms with E-state index in [1.807, 2.05) is 31.2 Å². The van der Waals surface area contributed by atoms with Crippen molar-refractivity contribution in [3.05, 3.63) is 35.4 Å². The molecule has 1 rings (SSSR count). The lowest BCUT2D eigenvalue weighted by Crippen LogP contribution is -2.41. The number of carbonyl (C=O) groups excluding carboxylic acids is 3. The van der Waals surface area contributed by atoms with E-state index in [-0.39, 0.29) is 30.9 Å². The summed E-state index contributed by atoms with van der Waals surface area (Å²) in [6, 6.07) is 8.01. The summed E-state index contributed by atoms with van der Waals surface area (Å²) in [6.45, 7) is 3.89. The number of amides is 2. The van der Waals surface area contributed by atoms with Crippen LogP contribution in [0.3, 0.4) is 0 Å². The van der Waals surface area contributed by atoms with Crippen LogP contribution in [0, 0.1) is 12.8 Å². The first-order valence-electron chi connectivity index (χ1n) is 7.97. The van der Waals surface area contributed by atoms with E-state index >= 15 is 0 Å². The molecule has 1 aromatic carbocycles. The molecule has 0 saturated heterocycles. The standard InChI is InChI=1S/C18H26N2O4/c1-13-5-7-15(8-6-13)9-10-16(21)19-11-17(22)20(3)12-14(2)18(23)24-4/h5-8,14H,9-12H2,1-4H3,(H,19,21). The first-order chi connectivity index (χ1) is 11.3. The minimum Gasteiger partial charge on any atom is -0.469 e. The summed E-state index contributed by atoms with van der Waals surface area (Å²) in [5.74, 6) is -1.18. The Kier molecular flexibility index (Phi) is 7.95. The summed E-state index contributed by atoms with van der Waals surface area (Å²) in [4.78, 5) is 36.6. The maximum Gasteiger partial charge on any atom is 0.310 e. The zero-order chi connectivity index (χ0) is 18.1. The summed E-state index contributed by atoms with van der Waals surface area (Å²) in [6.07, 6.45) is 0.966. The molecule has 1 unspecified atom stereocenters. The molecule has 0 spiro atoms. The summed E-state index contributed by atoms with van der Waals surface area (Å²) in [5.41, 5.74) is 2.27. The molecule has 0 aliphatic heterocycles. The molecule has 6 nitrogen and oxygen atoms in total. The molecule has 1 atom stereocenters. The fourth-order valence-electron chi connectivity index (χ4n) is 2.20. The van der Waals surface area contributed by atoms with Crippen LogP contribution in [0.5, 0.6) is 0 Å². The Morgan fingerprint density at radius 2 is 1.83 bits per heavy atom. The normalized spacial score (nSPS) is 11.5. The van der Waals surface area contributed by atoms with Gasteiger partial charge in [-0.15, -0.1) is 0 Å². The van der Waals surface area contributed by atoms with Gasteiger partial charge in [-0.1, -0.05) is 36.8 Å². The Morgan fingerprint density at radius 1 is 1.21 bits per heavy atom. The van der Waals surface area contributed by atoms with Crippen molar-refractivity contribution in [2.75, 3.05) is 27.2 Å². The van der Waals surface area contributed by atoms with Crippen molar-refractivity contribution in [1.29, 1.82) is 0 Å². The molecule has 0 heterocycles. The van der Waals surface area contributed by atoms with Crippen LogP contribution >= 0.6 is 0 Å². The minimum absolute atomic E-state index is 0.0723. The molecule has 0 aliphatic rings. The smallest absolute Gasteiger partial charge is 0.310 e. The fourth-order valence-corrected chi connectivity index (χ4v) is 2.20. The lowest BCUT2D eigenvalue weighted by atomic mass is 10.1. The van der Waals surface area contributed by atoms with Crippen LogP contribution < -0.4 is 5.32 Å². The highest BCUT2D eigenvalue weighted by Gasteiger charge is 2.18. The molecule has 2 amide bonds. The van der Waals surface area contributed by atoms with Crippen molar-refractivity contribution < 1.29 is 19.1 Å². The second-order valence-electron chi connectivity index (χ2n) is 5.96. The number of carbonyl (C=O) groups is 3. The van der Waals surface area contributed by atoms with E-state index in [2.05, 4.69) is 10.1 Å². The predicted molar refractivity (Wildman–Crippen MR) is 91.3 cm³/mol. The number of nitrogens with zero attached hydrogens (tertiary/aromatic N) is 1. The minimum atomic E-state index is -0.402. The molecular formula is C18H26N2O4. The third-order valence-electron chi connectivity index (χ3n) is 3.78. The van der Waals surface area contributed by atoms with E-state index < -0.39 is 5.92 Å². The molecule has 0 aliphatic carbocycles. The molecule has 0 radical (unpaired) electrons. The lowest BCUT2D eigenvalue weighted by molar-refractivity contribution is -0.146. The quantitative estimate of drug-likeness (QED) is 0.727. The number of likely N-dealkylation sites (N-methyl/N-ethyl adjacent to an activating group) is 1. The van der Waals surface area contributed by atoms with Crippen LogP contribution in [-0.2, 0) is 25.5 Å². The summed E-state index contributed by atoms with van der Waals surface area (Å²) >= 11 is 0. The van der Waals surface area contributed by atoms with Gasteiger partial charge in [0.25, 0.3) is 0 Å². The van der Waals surface area contributed by atoms with Gasteiger partial charge in [0.1, 0.15) is 0 Å². The van der Waals surface area contributed by atoms with Crippen LogP contribution in [0.2, 0.25) is 0 Å². The number of benzene rings is 1. The van der Waals surface area contributed by atoms with Crippen LogP contribution in [0.1, 0.15) is 24.5 Å². The number of hydrogen-bond donors (Lipinski definition) is 1. The second kappa shape index (κ2) is 9.70. The number of ether oxygens (including phenoxy) is 1. The Hall–Kier alpha value is -2.37. The maximum atomic E-state index is 12.0. The van der Waals surface area contributed by atoms with Crippen LogP contribution in [-0.4, -0.2) is 49.9 Å². The van der Waals surface area contributed by atoms with Gasteiger partial charge in [0.15, 0.2) is 0 Å². The van der Waals surface area contributed by atoms with Gasteiger partial charge in [0.05, 0.1) is 19.6 Å². The molecular weight excluding hydrogens is 308 g/mol. The van der Waals surface area contributed by atoms with E-state index in [9.17, 15) is 14.4 Å². The highest BCUT2D eigenvalue weighted by Crippen LogP contribution is 2.05.